The molecule has 1 N–H and O–H groups in total. The third-order valence-electron chi connectivity index (χ3n) is 6.32. The summed E-state index contributed by atoms with van der Waals surface area (Å²) in [6.07, 6.45) is 2.46. The highest BCUT2D eigenvalue weighted by molar-refractivity contribution is 9.10. The molecule has 2 atom stereocenters. The Hall–Kier alpha value is -2.60. The third-order valence-corrected chi connectivity index (χ3v) is 7.05. The fraction of sp³-hybridized carbons (Fsp3) is 0.333. The van der Waals surface area contributed by atoms with Crippen LogP contribution < -0.4 is 0 Å². The van der Waals surface area contributed by atoms with Crippen LogP contribution in [0.4, 0.5) is 0 Å². The molecule has 1 saturated heterocycles. The topological polar surface area (TPSA) is 56.4 Å². The number of benzene rings is 2. The first-order chi connectivity index (χ1) is 14.6. The zero-order chi connectivity index (χ0) is 20.8. The lowest BCUT2D eigenvalue weighted by molar-refractivity contribution is -0.158. The van der Waals surface area contributed by atoms with E-state index in [9.17, 15) is 9.59 Å². The summed E-state index contributed by atoms with van der Waals surface area (Å²) in [5.41, 5.74) is 4.20. The summed E-state index contributed by atoms with van der Waals surface area (Å²) in [4.78, 5) is 34.0. The molecule has 0 aliphatic carbocycles. The van der Waals surface area contributed by atoms with Crippen LogP contribution in [0.5, 0.6) is 0 Å². The van der Waals surface area contributed by atoms with Crippen molar-refractivity contribution in [2.75, 3.05) is 13.1 Å². The smallest absolute Gasteiger partial charge is 0.246 e. The summed E-state index contributed by atoms with van der Waals surface area (Å²) in [7, 11) is 0. The number of amides is 2. The second kappa shape index (κ2) is 7.58. The molecule has 2 aliphatic heterocycles. The van der Waals surface area contributed by atoms with Crippen molar-refractivity contribution in [3.63, 3.8) is 0 Å². The van der Waals surface area contributed by atoms with Crippen molar-refractivity contribution >= 4 is 38.6 Å². The zero-order valence-corrected chi connectivity index (χ0v) is 18.5. The number of carbonyl (C=O) groups is 2. The minimum atomic E-state index is -0.466. The molecule has 0 saturated carbocycles. The number of aromatic amines is 1. The second-order valence-corrected chi connectivity index (χ2v) is 8.98. The van der Waals surface area contributed by atoms with Crippen molar-refractivity contribution in [1.29, 1.82) is 0 Å². The second-order valence-electron chi connectivity index (χ2n) is 8.12. The van der Waals surface area contributed by atoms with Crippen LogP contribution in [0.15, 0.2) is 53.0 Å². The number of piperazine rings is 1. The molecular formula is C24H24BrN3O2. The number of para-hydroxylation sites is 1. The highest BCUT2D eigenvalue weighted by Crippen LogP contribution is 2.44. The fourth-order valence-corrected chi connectivity index (χ4v) is 5.38. The molecule has 2 amide bonds. The van der Waals surface area contributed by atoms with Gasteiger partial charge < -0.3 is 14.8 Å². The summed E-state index contributed by atoms with van der Waals surface area (Å²) in [5.74, 6) is 0.0804. The molecule has 30 heavy (non-hydrogen) atoms. The maximum atomic E-state index is 13.5. The number of carbonyl (C=O) groups excluding carboxylic acids is 2. The monoisotopic (exact) mass is 465 g/mol. The maximum absolute atomic E-state index is 13.5. The summed E-state index contributed by atoms with van der Waals surface area (Å²) in [5, 5.41) is 1.13. The number of fused-ring (bicyclic) bond motifs is 4. The predicted molar refractivity (Wildman–Crippen MR) is 120 cm³/mol. The van der Waals surface area contributed by atoms with Crippen molar-refractivity contribution in [2.24, 2.45) is 0 Å². The molecule has 0 radical (unpaired) electrons. The number of halogens is 1. The van der Waals surface area contributed by atoms with E-state index in [2.05, 4.69) is 40.0 Å². The normalized spacial score (nSPS) is 21.1. The van der Waals surface area contributed by atoms with Gasteiger partial charge in [0.05, 0.1) is 12.6 Å². The van der Waals surface area contributed by atoms with Crippen LogP contribution in [0.1, 0.15) is 42.6 Å². The first-order valence-electron chi connectivity index (χ1n) is 10.5. The van der Waals surface area contributed by atoms with Gasteiger partial charge in [-0.3, -0.25) is 9.59 Å². The Kier molecular flexibility index (Phi) is 4.89. The third kappa shape index (κ3) is 2.97. The predicted octanol–water partition coefficient (Wildman–Crippen LogP) is 4.42. The lowest BCUT2D eigenvalue weighted by Crippen LogP contribution is -2.63. The average Bonchev–Trinajstić information content (AvgIpc) is 3.13. The van der Waals surface area contributed by atoms with Gasteiger partial charge in [-0.05, 0) is 29.7 Å². The van der Waals surface area contributed by atoms with Gasteiger partial charge in [-0.2, -0.15) is 0 Å². The summed E-state index contributed by atoms with van der Waals surface area (Å²) < 4.78 is 0.939. The van der Waals surface area contributed by atoms with E-state index in [1.54, 1.807) is 4.90 Å². The molecular weight excluding hydrogens is 442 g/mol. The Balaban J connectivity index is 1.68. The molecule has 154 valence electrons. The lowest BCUT2D eigenvalue weighted by Gasteiger charge is -2.47. The molecule has 0 unspecified atom stereocenters. The van der Waals surface area contributed by atoms with E-state index in [1.807, 2.05) is 41.3 Å². The van der Waals surface area contributed by atoms with Gasteiger partial charge in [0.1, 0.15) is 6.04 Å². The molecule has 5 nitrogen and oxygen atoms in total. The highest BCUT2D eigenvalue weighted by atomic mass is 79.9. The van der Waals surface area contributed by atoms with Crippen LogP contribution in [-0.2, 0) is 16.0 Å². The van der Waals surface area contributed by atoms with Crippen molar-refractivity contribution in [3.05, 3.63) is 69.8 Å². The van der Waals surface area contributed by atoms with Gasteiger partial charge in [0, 0.05) is 34.0 Å². The van der Waals surface area contributed by atoms with Crippen LogP contribution in [0.3, 0.4) is 0 Å². The van der Waals surface area contributed by atoms with Crippen molar-refractivity contribution in [2.45, 2.75) is 38.3 Å². The molecule has 2 aliphatic rings. The summed E-state index contributed by atoms with van der Waals surface area (Å²) in [6.45, 7) is 2.90. The maximum Gasteiger partial charge on any atom is 0.246 e. The number of hydrogen-bond acceptors (Lipinski definition) is 2. The molecule has 6 heteroatoms. The Labute approximate surface area is 184 Å². The summed E-state index contributed by atoms with van der Waals surface area (Å²) >= 11 is 3.68. The summed E-state index contributed by atoms with van der Waals surface area (Å²) in [6, 6.07) is 15.4. The van der Waals surface area contributed by atoms with Crippen LogP contribution >= 0.6 is 15.9 Å². The number of nitrogens with one attached hydrogen (secondary N) is 1. The van der Waals surface area contributed by atoms with Gasteiger partial charge in [-0.25, -0.2) is 0 Å². The van der Waals surface area contributed by atoms with Gasteiger partial charge in [0.2, 0.25) is 11.8 Å². The number of hydrogen-bond donors (Lipinski definition) is 1. The Morgan fingerprint density at radius 2 is 1.87 bits per heavy atom. The number of nitrogens with zero attached hydrogens (tertiary/aromatic N) is 2. The minimum Gasteiger partial charge on any atom is -0.356 e. The van der Waals surface area contributed by atoms with Gasteiger partial charge in [-0.1, -0.05) is 65.7 Å². The molecule has 2 aromatic carbocycles. The standard InChI is InChI=1S/C24H24BrN3O2/c1-2-3-12-27-14-21(29)28-20(24(27)30)13-17-15-8-5-7-11-19(15)26-22(17)23(28)16-9-4-6-10-18(16)25/h4-11,20,23,26H,2-3,12-14H2,1H3/t20-,23+/m1/s1. The van der Waals surface area contributed by atoms with E-state index in [4.69, 9.17) is 0 Å². The first kappa shape index (κ1) is 19.4. The molecule has 5 rings (SSSR count). The van der Waals surface area contributed by atoms with Crippen molar-refractivity contribution < 1.29 is 9.59 Å². The molecule has 1 fully saturated rings. The molecule has 0 spiro atoms. The van der Waals surface area contributed by atoms with E-state index in [-0.39, 0.29) is 24.4 Å². The highest BCUT2D eigenvalue weighted by Gasteiger charge is 2.48. The van der Waals surface area contributed by atoms with Crippen LogP contribution in [0.2, 0.25) is 0 Å². The SMILES string of the molecule is CCCCN1CC(=O)N2[C@@H](c3ccccc3Br)c3[nH]c4ccccc4c3C[C@@H]2C1=O. The molecule has 0 bridgehead atoms. The molecule has 1 aromatic heterocycles. The molecule has 3 aromatic rings. The van der Waals surface area contributed by atoms with E-state index >= 15 is 0 Å². The van der Waals surface area contributed by atoms with Gasteiger partial charge in [-0.15, -0.1) is 0 Å². The largest absolute Gasteiger partial charge is 0.356 e. The van der Waals surface area contributed by atoms with E-state index in [0.29, 0.717) is 13.0 Å². The lowest BCUT2D eigenvalue weighted by atomic mass is 9.86. The van der Waals surface area contributed by atoms with Crippen LogP contribution in [-0.4, -0.2) is 45.7 Å². The van der Waals surface area contributed by atoms with E-state index in [1.165, 1.54) is 0 Å². The Morgan fingerprint density at radius 1 is 1.10 bits per heavy atom. The van der Waals surface area contributed by atoms with Gasteiger partial charge >= 0.3 is 0 Å². The Morgan fingerprint density at radius 3 is 2.67 bits per heavy atom. The number of H-pyrrole nitrogens is 1. The zero-order valence-electron chi connectivity index (χ0n) is 16.9. The van der Waals surface area contributed by atoms with Crippen molar-refractivity contribution in [1.82, 2.24) is 14.8 Å². The van der Waals surface area contributed by atoms with Gasteiger partial charge in [0.25, 0.3) is 0 Å². The van der Waals surface area contributed by atoms with Gasteiger partial charge in [0.15, 0.2) is 0 Å². The quantitative estimate of drug-likeness (QED) is 0.619. The number of rotatable bonds is 4. The number of aromatic nitrogens is 1. The number of unbranched alkanes of at least 4 members (excludes halogenated alkanes) is 1. The van der Waals surface area contributed by atoms with E-state index in [0.717, 1.165) is 45.0 Å². The van der Waals surface area contributed by atoms with E-state index < -0.39 is 6.04 Å². The minimum absolute atomic E-state index is 0.0146. The van der Waals surface area contributed by atoms with Crippen LogP contribution in [0, 0.1) is 0 Å². The van der Waals surface area contributed by atoms with Crippen LogP contribution in [0.25, 0.3) is 10.9 Å². The fourth-order valence-electron chi connectivity index (χ4n) is 4.88. The molecule has 3 heterocycles. The van der Waals surface area contributed by atoms with Crippen molar-refractivity contribution in [3.8, 4) is 0 Å². The Bertz CT molecular complexity index is 1140. The first-order valence-corrected chi connectivity index (χ1v) is 11.3. The average molecular weight is 466 g/mol.